The first-order valence-electron chi connectivity index (χ1n) is 8.72. The van der Waals surface area contributed by atoms with Crippen LogP contribution in [0, 0.1) is 0 Å². The van der Waals surface area contributed by atoms with Crippen molar-refractivity contribution in [3.8, 4) is 0 Å². The first-order valence-corrected chi connectivity index (χ1v) is 8.72. The highest BCUT2D eigenvalue weighted by Crippen LogP contribution is 2.31. The summed E-state index contributed by atoms with van der Waals surface area (Å²) in [5.74, 6) is -1.26. The number of carboxylic acid groups (broad SMARTS) is 1. The van der Waals surface area contributed by atoms with Gasteiger partial charge in [0.25, 0.3) is 5.91 Å². The van der Waals surface area contributed by atoms with E-state index in [1.807, 2.05) is 54.6 Å². The van der Waals surface area contributed by atoms with Gasteiger partial charge in [-0.15, -0.1) is 0 Å². The molecule has 1 aliphatic heterocycles. The van der Waals surface area contributed by atoms with E-state index in [-0.39, 0.29) is 11.5 Å². The highest BCUT2D eigenvalue weighted by atomic mass is 16.4. The third-order valence-corrected chi connectivity index (χ3v) is 4.40. The highest BCUT2D eigenvalue weighted by Gasteiger charge is 2.23. The molecule has 0 spiro atoms. The Morgan fingerprint density at radius 2 is 1.57 bits per heavy atom. The average Bonchev–Trinajstić information content (AvgIpc) is 2.85. The van der Waals surface area contributed by atoms with E-state index in [9.17, 15) is 9.59 Å². The summed E-state index contributed by atoms with van der Waals surface area (Å²) in [6.07, 6.45) is 1.72. The lowest BCUT2D eigenvalue weighted by Crippen LogP contribution is -2.19. The average molecular weight is 368 g/mol. The second-order valence-corrected chi connectivity index (χ2v) is 6.28. The number of carboxylic acids is 1. The van der Waals surface area contributed by atoms with Gasteiger partial charge in [-0.05, 0) is 35.9 Å². The van der Waals surface area contributed by atoms with E-state index in [4.69, 9.17) is 10.1 Å². The molecule has 0 bridgehead atoms. The molecule has 1 aliphatic rings. The van der Waals surface area contributed by atoms with Crippen LogP contribution in [-0.4, -0.2) is 22.7 Å². The van der Waals surface area contributed by atoms with E-state index >= 15 is 0 Å². The minimum atomic E-state index is -0.992. The summed E-state index contributed by atoms with van der Waals surface area (Å²) in [5, 5.41) is 12.0. The molecule has 0 radical (unpaired) electrons. The number of rotatable bonds is 3. The second-order valence-electron chi connectivity index (χ2n) is 6.28. The quantitative estimate of drug-likeness (QED) is 0.666. The molecule has 0 unspecified atom stereocenters. The van der Waals surface area contributed by atoms with Crippen LogP contribution in [0.3, 0.4) is 0 Å². The molecule has 0 aliphatic carbocycles. The maximum absolute atomic E-state index is 13.0. The number of para-hydroxylation sites is 2. The minimum Gasteiger partial charge on any atom is -0.478 e. The van der Waals surface area contributed by atoms with Crippen LogP contribution in [0.25, 0.3) is 6.08 Å². The number of aliphatic imine (C=N–C) groups is 1. The predicted octanol–water partition coefficient (Wildman–Crippen LogP) is 4.54. The zero-order chi connectivity index (χ0) is 19.5. The van der Waals surface area contributed by atoms with Gasteiger partial charge in [-0.1, -0.05) is 54.6 Å². The lowest BCUT2D eigenvalue weighted by Gasteiger charge is -2.09. The number of hydrogen-bond donors (Lipinski definition) is 2. The van der Waals surface area contributed by atoms with Crippen molar-refractivity contribution in [1.29, 1.82) is 0 Å². The van der Waals surface area contributed by atoms with Crippen molar-refractivity contribution in [2.24, 2.45) is 4.99 Å². The largest absolute Gasteiger partial charge is 0.478 e. The number of fused-ring (bicyclic) bond motifs is 1. The molecule has 4 rings (SSSR count). The molecule has 2 N–H and O–H groups in total. The normalized spacial score (nSPS) is 14.6. The third kappa shape index (κ3) is 3.46. The van der Waals surface area contributed by atoms with Crippen LogP contribution in [0.5, 0.6) is 0 Å². The molecule has 0 saturated carbocycles. The fraction of sp³-hybridized carbons (Fsp3) is 0. The Bertz CT molecular complexity index is 1110. The van der Waals surface area contributed by atoms with Crippen LogP contribution in [-0.2, 0) is 4.79 Å². The molecule has 1 heterocycles. The molecule has 5 heteroatoms. The van der Waals surface area contributed by atoms with E-state index in [0.29, 0.717) is 28.2 Å². The first kappa shape index (κ1) is 17.4. The predicted molar refractivity (Wildman–Crippen MR) is 109 cm³/mol. The minimum absolute atomic E-state index is 0.192. The van der Waals surface area contributed by atoms with E-state index in [0.717, 1.165) is 5.56 Å². The van der Waals surface area contributed by atoms with E-state index in [1.54, 1.807) is 18.2 Å². The van der Waals surface area contributed by atoms with Gasteiger partial charge in [0, 0.05) is 5.56 Å². The van der Waals surface area contributed by atoms with Crippen LogP contribution in [0.15, 0.2) is 89.4 Å². The van der Waals surface area contributed by atoms with Gasteiger partial charge in [0.15, 0.2) is 0 Å². The SMILES string of the molecule is O=C1Nc2ccccc2N=C(c2ccccc2)C1=Cc1ccc(C(=O)O)cc1. The summed E-state index contributed by atoms with van der Waals surface area (Å²) < 4.78 is 0. The molecule has 0 saturated heterocycles. The molecular formula is C23H16N2O3. The van der Waals surface area contributed by atoms with E-state index in [2.05, 4.69) is 5.32 Å². The molecule has 3 aromatic rings. The maximum Gasteiger partial charge on any atom is 0.335 e. The van der Waals surface area contributed by atoms with Gasteiger partial charge >= 0.3 is 5.97 Å². The Balaban J connectivity index is 1.86. The Kier molecular flexibility index (Phi) is 4.56. The Labute approximate surface area is 161 Å². The molecule has 0 fully saturated rings. The van der Waals surface area contributed by atoms with Crippen molar-refractivity contribution in [1.82, 2.24) is 0 Å². The molecule has 1 amide bonds. The van der Waals surface area contributed by atoms with Gasteiger partial charge in [0.1, 0.15) is 0 Å². The lowest BCUT2D eigenvalue weighted by molar-refractivity contribution is -0.112. The summed E-state index contributed by atoms with van der Waals surface area (Å²) in [5.41, 5.74) is 4.02. The number of benzene rings is 3. The van der Waals surface area contributed by atoms with Crippen molar-refractivity contribution in [2.75, 3.05) is 5.32 Å². The molecule has 3 aromatic carbocycles. The molecule has 0 atom stereocenters. The second kappa shape index (κ2) is 7.32. The van der Waals surface area contributed by atoms with Gasteiger partial charge < -0.3 is 10.4 Å². The summed E-state index contributed by atoms with van der Waals surface area (Å²) in [6.45, 7) is 0. The van der Waals surface area contributed by atoms with Crippen LogP contribution >= 0.6 is 0 Å². The first-order chi connectivity index (χ1) is 13.6. The highest BCUT2D eigenvalue weighted by molar-refractivity contribution is 6.35. The van der Waals surface area contributed by atoms with Gasteiger partial charge in [-0.25, -0.2) is 9.79 Å². The van der Waals surface area contributed by atoms with Crippen LogP contribution in [0.4, 0.5) is 11.4 Å². The maximum atomic E-state index is 13.0. The number of carbonyl (C=O) groups is 2. The van der Waals surface area contributed by atoms with E-state index < -0.39 is 5.97 Å². The van der Waals surface area contributed by atoms with Crippen LogP contribution in [0.1, 0.15) is 21.5 Å². The number of amides is 1. The Morgan fingerprint density at radius 1 is 0.893 bits per heavy atom. The van der Waals surface area contributed by atoms with Gasteiger partial charge in [-0.3, -0.25) is 4.79 Å². The Morgan fingerprint density at radius 3 is 2.29 bits per heavy atom. The lowest BCUT2D eigenvalue weighted by atomic mass is 9.99. The smallest absolute Gasteiger partial charge is 0.335 e. The van der Waals surface area contributed by atoms with Gasteiger partial charge in [-0.2, -0.15) is 0 Å². The monoisotopic (exact) mass is 368 g/mol. The van der Waals surface area contributed by atoms with Crippen molar-refractivity contribution < 1.29 is 14.7 Å². The number of carbonyl (C=O) groups excluding carboxylic acids is 1. The van der Waals surface area contributed by atoms with Gasteiger partial charge in [0.05, 0.1) is 28.2 Å². The Hall–Kier alpha value is -3.99. The fourth-order valence-corrected chi connectivity index (χ4v) is 2.99. The van der Waals surface area contributed by atoms with Gasteiger partial charge in [0.2, 0.25) is 0 Å². The topological polar surface area (TPSA) is 78.8 Å². The van der Waals surface area contributed by atoms with Crippen molar-refractivity contribution in [3.05, 3.63) is 101 Å². The number of aromatic carboxylic acids is 1. The summed E-state index contributed by atoms with van der Waals surface area (Å²) in [6, 6.07) is 23.2. The standard InChI is InChI=1S/C23H16N2O3/c26-22-18(14-15-10-12-17(13-11-15)23(27)28)21(16-6-2-1-3-7-16)24-19-8-4-5-9-20(19)25-22/h1-14H,(H,25,26)(H,27,28). The molecule has 5 nitrogen and oxygen atoms in total. The molecular weight excluding hydrogens is 352 g/mol. The summed E-state index contributed by atoms with van der Waals surface area (Å²) in [7, 11) is 0. The van der Waals surface area contributed by atoms with Crippen molar-refractivity contribution in [3.63, 3.8) is 0 Å². The zero-order valence-corrected chi connectivity index (χ0v) is 14.8. The zero-order valence-electron chi connectivity index (χ0n) is 14.8. The fourth-order valence-electron chi connectivity index (χ4n) is 2.99. The number of nitrogens with one attached hydrogen (secondary N) is 1. The molecule has 136 valence electrons. The number of nitrogens with zero attached hydrogens (tertiary/aromatic N) is 1. The van der Waals surface area contributed by atoms with Crippen LogP contribution in [0.2, 0.25) is 0 Å². The molecule has 28 heavy (non-hydrogen) atoms. The van der Waals surface area contributed by atoms with Crippen molar-refractivity contribution in [2.45, 2.75) is 0 Å². The number of anilines is 1. The summed E-state index contributed by atoms with van der Waals surface area (Å²) in [4.78, 5) is 28.8. The summed E-state index contributed by atoms with van der Waals surface area (Å²) >= 11 is 0. The van der Waals surface area contributed by atoms with E-state index in [1.165, 1.54) is 12.1 Å². The third-order valence-electron chi connectivity index (χ3n) is 4.40. The molecule has 0 aromatic heterocycles. The van der Waals surface area contributed by atoms with Crippen LogP contribution < -0.4 is 5.32 Å². The van der Waals surface area contributed by atoms with Crippen molar-refractivity contribution >= 4 is 35.0 Å². The number of hydrogen-bond acceptors (Lipinski definition) is 3.